The van der Waals surface area contributed by atoms with Gasteiger partial charge in [0.1, 0.15) is 5.82 Å². The Hall–Kier alpha value is -2.22. The number of fused-ring (bicyclic) bond motifs is 1. The Bertz CT molecular complexity index is 760. The van der Waals surface area contributed by atoms with Gasteiger partial charge in [-0.3, -0.25) is 14.5 Å². The fourth-order valence-corrected chi connectivity index (χ4v) is 4.65. The summed E-state index contributed by atoms with van der Waals surface area (Å²) in [5.41, 5.74) is 0.0897. The minimum absolute atomic E-state index is 0.00700. The number of hydrogen-bond acceptors (Lipinski definition) is 6. The van der Waals surface area contributed by atoms with Crippen LogP contribution in [0.4, 0.5) is 11.8 Å². The normalized spacial score (nSPS) is 29.1. The molecule has 152 valence electrons. The number of amides is 2. The van der Waals surface area contributed by atoms with E-state index in [1.807, 2.05) is 6.92 Å². The Labute approximate surface area is 165 Å². The Kier molecular flexibility index (Phi) is 5.23. The molecule has 2 aliphatic carbocycles. The van der Waals surface area contributed by atoms with Gasteiger partial charge in [0.25, 0.3) is 0 Å². The third kappa shape index (κ3) is 3.70. The van der Waals surface area contributed by atoms with Gasteiger partial charge in [-0.15, -0.1) is 0 Å². The zero-order chi connectivity index (χ0) is 19.7. The number of hydrogen-bond donors (Lipinski definition) is 3. The van der Waals surface area contributed by atoms with Crippen LogP contribution in [0.2, 0.25) is 0 Å². The average Bonchev–Trinajstić information content (AvgIpc) is 3.30. The summed E-state index contributed by atoms with van der Waals surface area (Å²) in [5.74, 6) is -0.148. The number of aromatic nitrogens is 2. The van der Waals surface area contributed by atoms with Crippen LogP contribution < -0.4 is 15.5 Å². The van der Waals surface area contributed by atoms with Crippen molar-refractivity contribution in [3.05, 3.63) is 11.8 Å². The first-order valence-corrected chi connectivity index (χ1v) is 10.4. The van der Waals surface area contributed by atoms with Gasteiger partial charge in [-0.1, -0.05) is 12.8 Å². The lowest BCUT2D eigenvalue weighted by molar-refractivity contribution is -0.137. The molecule has 3 aliphatic rings. The predicted octanol–water partition coefficient (Wildman–Crippen LogP) is 1.53. The molecule has 0 radical (unpaired) electrons. The molecule has 1 unspecified atom stereocenters. The van der Waals surface area contributed by atoms with Gasteiger partial charge in [-0.25, -0.2) is 4.98 Å². The summed E-state index contributed by atoms with van der Waals surface area (Å²) in [6, 6.07) is -0.131. The van der Waals surface area contributed by atoms with E-state index in [1.54, 1.807) is 11.1 Å². The zero-order valence-electron chi connectivity index (χ0n) is 16.4. The SMILES string of the molecule is C[C@]1(O)CCCC1Nc1ncc2c(n1)N(C1CCCC1)C(=O)C(=O)NCCC2. The highest BCUT2D eigenvalue weighted by Crippen LogP contribution is 2.33. The lowest BCUT2D eigenvalue weighted by atomic mass is 10.0. The van der Waals surface area contributed by atoms with Gasteiger partial charge in [-0.2, -0.15) is 4.98 Å². The monoisotopic (exact) mass is 387 g/mol. The molecule has 28 heavy (non-hydrogen) atoms. The van der Waals surface area contributed by atoms with Crippen LogP contribution in [0.25, 0.3) is 0 Å². The van der Waals surface area contributed by atoms with Crippen LogP contribution in [0.1, 0.15) is 63.9 Å². The number of anilines is 2. The molecular formula is C20H29N5O3. The first-order chi connectivity index (χ1) is 13.5. The van der Waals surface area contributed by atoms with Gasteiger partial charge >= 0.3 is 11.8 Å². The number of nitrogens with zero attached hydrogens (tertiary/aromatic N) is 3. The minimum Gasteiger partial charge on any atom is -0.388 e. The third-order valence-corrected chi connectivity index (χ3v) is 6.31. The molecule has 2 fully saturated rings. The standard InChI is InChI=1S/C20H29N5O3/c1-20(28)10-4-9-15(20)23-19-22-12-13-6-5-11-21-17(26)18(27)25(16(13)24-19)14-7-2-3-8-14/h12,14-15,28H,2-11H2,1H3,(H,21,26)(H,22,23,24)/t15?,20-/m0/s1. The summed E-state index contributed by atoms with van der Waals surface area (Å²) in [6.07, 6.45) is 9.58. The van der Waals surface area contributed by atoms with E-state index in [1.165, 1.54) is 0 Å². The van der Waals surface area contributed by atoms with Crippen molar-refractivity contribution in [2.75, 3.05) is 16.8 Å². The number of aryl methyl sites for hydroxylation is 1. The zero-order valence-corrected chi connectivity index (χ0v) is 16.4. The van der Waals surface area contributed by atoms with Gasteiger partial charge in [0, 0.05) is 24.3 Å². The summed E-state index contributed by atoms with van der Waals surface area (Å²) in [4.78, 5) is 36.0. The number of carbonyl (C=O) groups excluding carboxylic acids is 2. The first-order valence-electron chi connectivity index (χ1n) is 10.4. The summed E-state index contributed by atoms with van der Waals surface area (Å²) >= 11 is 0. The molecule has 8 heteroatoms. The van der Waals surface area contributed by atoms with Crippen molar-refractivity contribution in [3.8, 4) is 0 Å². The molecule has 4 rings (SSSR count). The highest BCUT2D eigenvalue weighted by Gasteiger charge is 2.38. The van der Waals surface area contributed by atoms with Crippen LogP contribution in [0.5, 0.6) is 0 Å². The quantitative estimate of drug-likeness (QED) is 0.679. The summed E-state index contributed by atoms with van der Waals surface area (Å²) in [6.45, 7) is 2.29. The average molecular weight is 387 g/mol. The number of aliphatic hydroxyl groups is 1. The van der Waals surface area contributed by atoms with Crippen molar-refractivity contribution in [1.82, 2.24) is 15.3 Å². The van der Waals surface area contributed by atoms with Crippen molar-refractivity contribution in [1.29, 1.82) is 0 Å². The van der Waals surface area contributed by atoms with E-state index in [-0.39, 0.29) is 12.1 Å². The van der Waals surface area contributed by atoms with Gasteiger partial charge in [0.05, 0.1) is 11.6 Å². The van der Waals surface area contributed by atoms with E-state index in [0.717, 1.165) is 56.9 Å². The maximum Gasteiger partial charge on any atom is 0.317 e. The molecule has 2 heterocycles. The fraction of sp³-hybridized carbons (Fsp3) is 0.700. The number of carbonyl (C=O) groups is 2. The largest absolute Gasteiger partial charge is 0.388 e. The first kappa shape index (κ1) is 19.1. The van der Waals surface area contributed by atoms with E-state index < -0.39 is 17.4 Å². The van der Waals surface area contributed by atoms with Gasteiger partial charge in [-0.05, 0) is 51.9 Å². The lowest BCUT2D eigenvalue weighted by Gasteiger charge is -2.30. The number of rotatable bonds is 3. The minimum atomic E-state index is -0.800. The van der Waals surface area contributed by atoms with E-state index in [9.17, 15) is 14.7 Å². The lowest BCUT2D eigenvalue weighted by Crippen LogP contribution is -2.48. The fourth-order valence-electron chi connectivity index (χ4n) is 4.65. The van der Waals surface area contributed by atoms with Crippen LogP contribution in [0.3, 0.4) is 0 Å². The van der Waals surface area contributed by atoms with Crippen LogP contribution >= 0.6 is 0 Å². The molecule has 0 spiro atoms. The Balaban J connectivity index is 1.70. The van der Waals surface area contributed by atoms with E-state index in [2.05, 4.69) is 20.6 Å². The van der Waals surface area contributed by atoms with Crippen molar-refractivity contribution >= 4 is 23.6 Å². The third-order valence-electron chi connectivity index (χ3n) is 6.31. The van der Waals surface area contributed by atoms with Crippen molar-refractivity contribution < 1.29 is 14.7 Å². The topological polar surface area (TPSA) is 107 Å². The molecule has 8 nitrogen and oxygen atoms in total. The molecule has 2 amide bonds. The molecule has 3 N–H and O–H groups in total. The van der Waals surface area contributed by atoms with E-state index in [4.69, 9.17) is 0 Å². The molecule has 1 aromatic rings. The number of nitrogens with one attached hydrogen (secondary N) is 2. The summed E-state index contributed by atoms with van der Waals surface area (Å²) < 4.78 is 0. The van der Waals surface area contributed by atoms with Crippen LogP contribution in [0.15, 0.2) is 6.20 Å². The second-order valence-corrected chi connectivity index (χ2v) is 8.46. The molecule has 0 aromatic carbocycles. The van der Waals surface area contributed by atoms with Crippen LogP contribution in [0, 0.1) is 0 Å². The van der Waals surface area contributed by atoms with Gasteiger partial charge in [0.2, 0.25) is 5.95 Å². The highest BCUT2D eigenvalue weighted by molar-refractivity contribution is 6.40. The molecule has 2 saturated carbocycles. The second kappa shape index (κ2) is 7.66. The van der Waals surface area contributed by atoms with Gasteiger partial charge < -0.3 is 15.7 Å². The molecule has 2 atom stereocenters. The molecule has 0 bridgehead atoms. The van der Waals surface area contributed by atoms with Crippen LogP contribution in [-0.2, 0) is 16.0 Å². The van der Waals surface area contributed by atoms with Crippen molar-refractivity contribution in [2.24, 2.45) is 0 Å². The van der Waals surface area contributed by atoms with Gasteiger partial charge in [0.15, 0.2) is 0 Å². The van der Waals surface area contributed by atoms with Crippen LogP contribution in [-0.4, -0.2) is 51.1 Å². The predicted molar refractivity (Wildman–Crippen MR) is 105 cm³/mol. The molecule has 0 saturated heterocycles. The maximum atomic E-state index is 13.0. The molecule has 1 aliphatic heterocycles. The Morgan fingerprint density at radius 2 is 2.00 bits per heavy atom. The Morgan fingerprint density at radius 1 is 1.21 bits per heavy atom. The Morgan fingerprint density at radius 3 is 2.71 bits per heavy atom. The maximum absolute atomic E-state index is 13.0. The molecule has 1 aromatic heterocycles. The second-order valence-electron chi connectivity index (χ2n) is 8.46. The smallest absolute Gasteiger partial charge is 0.317 e. The molecular weight excluding hydrogens is 358 g/mol. The summed E-state index contributed by atoms with van der Waals surface area (Å²) in [7, 11) is 0. The summed E-state index contributed by atoms with van der Waals surface area (Å²) in [5, 5.41) is 16.5. The van der Waals surface area contributed by atoms with Crippen molar-refractivity contribution in [3.63, 3.8) is 0 Å². The van der Waals surface area contributed by atoms with E-state index in [0.29, 0.717) is 24.7 Å². The van der Waals surface area contributed by atoms with E-state index >= 15 is 0 Å². The highest BCUT2D eigenvalue weighted by atomic mass is 16.3. The van der Waals surface area contributed by atoms with Crippen molar-refractivity contribution in [2.45, 2.75) is 82.4 Å².